The van der Waals surface area contributed by atoms with Crippen molar-refractivity contribution in [3.63, 3.8) is 0 Å². The van der Waals surface area contributed by atoms with Crippen LogP contribution in [0.4, 0.5) is 0 Å². The van der Waals surface area contributed by atoms with Gasteiger partial charge in [-0.15, -0.1) is 0 Å². The van der Waals surface area contributed by atoms with Gasteiger partial charge in [-0.25, -0.2) is 0 Å². The molecule has 0 radical (unpaired) electrons. The van der Waals surface area contributed by atoms with E-state index in [9.17, 15) is 9.59 Å². The number of carbonyl (C=O) groups excluding carboxylic acids is 2. The van der Waals surface area contributed by atoms with Crippen LogP contribution >= 0.6 is 0 Å². The summed E-state index contributed by atoms with van der Waals surface area (Å²) in [6, 6.07) is 22.3. The second kappa shape index (κ2) is 6.34. The molecule has 3 aliphatic rings. The average molecular weight is 405 g/mol. The molecule has 3 heteroatoms. The molecular weight excluding hydrogens is 382 g/mol. The maximum atomic E-state index is 13.5. The van der Waals surface area contributed by atoms with E-state index < -0.39 is 0 Å². The van der Waals surface area contributed by atoms with Crippen LogP contribution in [-0.4, -0.2) is 17.3 Å². The zero-order valence-electron chi connectivity index (χ0n) is 17.7. The van der Waals surface area contributed by atoms with Gasteiger partial charge in [0.25, 0.3) is 0 Å². The summed E-state index contributed by atoms with van der Waals surface area (Å²) >= 11 is 0. The van der Waals surface area contributed by atoms with Crippen LogP contribution in [0, 0.1) is 11.3 Å². The fourth-order valence-corrected chi connectivity index (χ4v) is 5.68. The molecule has 3 nitrogen and oxygen atoms in total. The number of allylic oxidation sites excluding steroid dienone is 1. The van der Waals surface area contributed by atoms with Crippen LogP contribution in [0.25, 0.3) is 16.5 Å². The van der Waals surface area contributed by atoms with E-state index in [1.165, 1.54) is 0 Å². The van der Waals surface area contributed by atoms with Crippen molar-refractivity contribution in [3.05, 3.63) is 89.0 Å². The number of hydrogen-bond acceptors (Lipinski definition) is 3. The minimum absolute atomic E-state index is 0.0178. The highest BCUT2D eigenvalue weighted by Crippen LogP contribution is 2.52. The number of ketones is 2. The van der Waals surface area contributed by atoms with Gasteiger partial charge in [0.1, 0.15) is 5.78 Å². The second-order valence-electron chi connectivity index (χ2n) is 9.79. The average Bonchev–Trinajstić information content (AvgIpc) is 3.03. The number of rotatable bonds is 1. The monoisotopic (exact) mass is 405 g/mol. The fraction of sp³-hybridized carbons (Fsp3) is 0.250. The van der Waals surface area contributed by atoms with Gasteiger partial charge in [-0.3, -0.25) is 14.6 Å². The minimum Gasteiger partial charge on any atom is -0.299 e. The highest BCUT2D eigenvalue weighted by atomic mass is 16.1. The molecule has 3 aromatic carbocycles. The Kier molecular flexibility index (Phi) is 3.77. The number of hydrogen-bond donors (Lipinski definition) is 0. The van der Waals surface area contributed by atoms with Gasteiger partial charge in [0.05, 0.1) is 11.6 Å². The van der Waals surface area contributed by atoms with Crippen molar-refractivity contribution < 1.29 is 9.59 Å². The Hall–Kier alpha value is -3.33. The van der Waals surface area contributed by atoms with E-state index in [-0.39, 0.29) is 28.8 Å². The van der Waals surface area contributed by atoms with Crippen LogP contribution in [0.2, 0.25) is 0 Å². The van der Waals surface area contributed by atoms with Crippen molar-refractivity contribution >= 4 is 33.7 Å². The van der Waals surface area contributed by atoms with Crippen LogP contribution in [0.15, 0.2) is 77.3 Å². The third-order valence-electron chi connectivity index (χ3n) is 6.98. The normalized spacial score (nSPS) is 24.0. The molecule has 1 aliphatic heterocycles. The van der Waals surface area contributed by atoms with E-state index >= 15 is 0 Å². The van der Waals surface area contributed by atoms with Gasteiger partial charge in [-0.05, 0) is 28.2 Å². The van der Waals surface area contributed by atoms with Crippen LogP contribution < -0.4 is 0 Å². The predicted molar refractivity (Wildman–Crippen MR) is 123 cm³/mol. The standard InChI is InChI=1S/C28H23NO2/c1-28(2)14-21-24(22(30)15-28)23(18-12-11-16-7-3-4-8-17(16)13-18)25-26(29-21)19-9-5-6-10-20(19)27(25)31/h3-13,23-24H,14-15H2,1-2H3/t23-,24?/m1/s1. The maximum Gasteiger partial charge on any atom is 0.192 e. The van der Waals surface area contributed by atoms with Gasteiger partial charge in [0.2, 0.25) is 0 Å². The second-order valence-corrected chi connectivity index (χ2v) is 9.79. The number of aliphatic imine (C=N–C) groups is 1. The molecule has 0 N–H and O–H groups in total. The third kappa shape index (κ3) is 2.69. The SMILES string of the molecule is CC1(C)CC(=O)C2C(=NC3=C(C(=O)c4ccccc43)[C@@H]2c2ccc3ccccc3c2)C1. The molecule has 0 bridgehead atoms. The van der Waals surface area contributed by atoms with Gasteiger partial charge >= 0.3 is 0 Å². The van der Waals surface area contributed by atoms with Crippen LogP contribution in [0.3, 0.4) is 0 Å². The summed E-state index contributed by atoms with van der Waals surface area (Å²) in [4.78, 5) is 32.0. The molecule has 0 amide bonds. The van der Waals surface area contributed by atoms with Crippen LogP contribution in [-0.2, 0) is 4.79 Å². The summed E-state index contributed by atoms with van der Waals surface area (Å²) in [7, 11) is 0. The Morgan fingerprint density at radius 2 is 1.52 bits per heavy atom. The molecule has 3 aromatic rings. The van der Waals surface area contributed by atoms with Crippen LogP contribution in [0.5, 0.6) is 0 Å². The lowest BCUT2D eigenvalue weighted by Crippen LogP contribution is -2.43. The highest BCUT2D eigenvalue weighted by molar-refractivity contribution is 6.25. The molecule has 0 saturated heterocycles. The molecule has 6 rings (SSSR count). The third-order valence-corrected chi connectivity index (χ3v) is 6.98. The lowest BCUT2D eigenvalue weighted by molar-refractivity contribution is -0.124. The van der Waals surface area contributed by atoms with E-state index in [0.717, 1.165) is 39.7 Å². The summed E-state index contributed by atoms with van der Waals surface area (Å²) in [6.07, 6.45) is 1.30. The molecular formula is C28H23NO2. The van der Waals surface area contributed by atoms with Crippen molar-refractivity contribution in [3.8, 4) is 0 Å². The largest absolute Gasteiger partial charge is 0.299 e. The Labute approximate surface area is 181 Å². The highest BCUT2D eigenvalue weighted by Gasteiger charge is 2.50. The zero-order chi connectivity index (χ0) is 21.3. The summed E-state index contributed by atoms with van der Waals surface area (Å²) < 4.78 is 0. The number of nitrogens with zero attached hydrogens (tertiary/aromatic N) is 1. The predicted octanol–water partition coefficient (Wildman–Crippen LogP) is 5.99. The first-order valence-corrected chi connectivity index (χ1v) is 10.9. The van der Waals surface area contributed by atoms with Gasteiger partial charge < -0.3 is 0 Å². The molecule has 152 valence electrons. The van der Waals surface area contributed by atoms with E-state index in [1.54, 1.807) is 0 Å². The van der Waals surface area contributed by atoms with E-state index in [0.29, 0.717) is 17.6 Å². The molecule has 1 unspecified atom stereocenters. The Morgan fingerprint density at radius 3 is 2.32 bits per heavy atom. The van der Waals surface area contributed by atoms with Crippen molar-refractivity contribution in [2.24, 2.45) is 16.3 Å². The molecule has 1 saturated carbocycles. The van der Waals surface area contributed by atoms with E-state index in [2.05, 4.69) is 44.2 Å². The lowest BCUT2D eigenvalue weighted by Gasteiger charge is -2.40. The number of benzene rings is 3. The first kappa shape index (κ1) is 18.4. The smallest absolute Gasteiger partial charge is 0.192 e. The van der Waals surface area contributed by atoms with Gasteiger partial charge in [0, 0.05) is 34.8 Å². The molecule has 2 aliphatic carbocycles. The van der Waals surface area contributed by atoms with E-state index in [4.69, 9.17) is 4.99 Å². The number of fused-ring (bicyclic) bond motifs is 4. The van der Waals surface area contributed by atoms with Crippen molar-refractivity contribution in [2.75, 3.05) is 0 Å². The molecule has 31 heavy (non-hydrogen) atoms. The molecule has 0 aromatic heterocycles. The van der Waals surface area contributed by atoms with Gasteiger partial charge in [0.15, 0.2) is 5.78 Å². The van der Waals surface area contributed by atoms with Crippen LogP contribution in [0.1, 0.15) is 54.1 Å². The topological polar surface area (TPSA) is 46.5 Å². The Bertz CT molecular complexity index is 1360. The minimum atomic E-state index is -0.355. The molecule has 1 fully saturated rings. The number of Topliss-reactive ketones (excluding diaryl/α,β-unsaturated/α-hetero) is 2. The number of carbonyl (C=O) groups is 2. The van der Waals surface area contributed by atoms with E-state index in [1.807, 2.05) is 36.4 Å². The fourth-order valence-electron chi connectivity index (χ4n) is 5.68. The quantitative estimate of drug-likeness (QED) is 0.499. The van der Waals surface area contributed by atoms with Crippen molar-refractivity contribution in [1.82, 2.24) is 0 Å². The lowest BCUT2D eigenvalue weighted by atomic mass is 9.63. The summed E-state index contributed by atoms with van der Waals surface area (Å²) in [5.41, 5.74) is 4.91. The van der Waals surface area contributed by atoms with Crippen molar-refractivity contribution in [2.45, 2.75) is 32.6 Å². The molecule has 1 heterocycles. The first-order valence-electron chi connectivity index (χ1n) is 10.9. The molecule has 0 spiro atoms. The summed E-state index contributed by atoms with van der Waals surface area (Å²) in [5, 5.41) is 2.28. The Morgan fingerprint density at radius 1 is 0.806 bits per heavy atom. The Balaban J connectivity index is 1.60. The van der Waals surface area contributed by atoms with Gasteiger partial charge in [-0.1, -0.05) is 80.6 Å². The first-order chi connectivity index (χ1) is 14.9. The summed E-state index contributed by atoms with van der Waals surface area (Å²) in [5.74, 6) is -0.422. The van der Waals surface area contributed by atoms with Crippen molar-refractivity contribution in [1.29, 1.82) is 0 Å². The summed E-state index contributed by atoms with van der Waals surface area (Å²) in [6.45, 7) is 4.26. The van der Waals surface area contributed by atoms with Gasteiger partial charge in [-0.2, -0.15) is 0 Å². The molecule has 2 atom stereocenters. The zero-order valence-corrected chi connectivity index (χ0v) is 17.7. The maximum absolute atomic E-state index is 13.5.